The van der Waals surface area contributed by atoms with Gasteiger partial charge in [-0.1, -0.05) is 36.4 Å². The van der Waals surface area contributed by atoms with Crippen molar-refractivity contribution in [2.45, 2.75) is 5.75 Å². The molecule has 2 N–H and O–H groups in total. The molecule has 3 aromatic heterocycles. The molecule has 44 heavy (non-hydrogen) atoms. The van der Waals surface area contributed by atoms with Crippen LogP contribution >= 0.6 is 0 Å². The zero-order valence-electron chi connectivity index (χ0n) is 23.2. The molecule has 6 rings (SSSR count). The number of rotatable bonds is 8. The molecular formula is C32H24F2N6O3S. The average Bonchev–Trinajstić information content (AvgIpc) is 3.37. The van der Waals surface area contributed by atoms with Gasteiger partial charge in [-0.15, -0.1) is 0 Å². The Morgan fingerprint density at radius 2 is 1.64 bits per heavy atom. The summed E-state index contributed by atoms with van der Waals surface area (Å²) in [7, 11) is -3.21. The fraction of sp³-hybridized carbons (Fsp3) is 0.0625. The number of carbonyl (C=O) groups is 1. The highest BCUT2D eigenvalue weighted by atomic mass is 32.2. The van der Waals surface area contributed by atoms with Crippen LogP contribution in [-0.4, -0.2) is 40.2 Å². The summed E-state index contributed by atoms with van der Waals surface area (Å²) in [6.45, 7) is 0. The Morgan fingerprint density at radius 1 is 0.886 bits per heavy atom. The van der Waals surface area contributed by atoms with Crippen molar-refractivity contribution in [2.75, 3.05) is 16.9 Å². The van der Waals surface area contributed by atoms with E-state index >= 15 is 0 Å². The van der Waals surface area contributed by atoms with Gasteiger partial charge < -0.3 is 10.6 Å². The van der Waals surface area contributed by atoms with Crippen LogP contribution in [0, 0.1) is 11.6 Å². The first-order valence-electron chi connectivity index (χ1n) is 13.3. The van der Waals surface area contributed by atoms with Gasteiger partial charge in [0.1, 0.15) is 22.9 Å². The molecule has 0 fully saturated rings. The van der Waals surface area contributed by atoms with Crippen LogP contribution in [0.5, 0.6) is 0 Å². The summed E-state index contributed by atoms with van der Waals surface area (Å²) in [4.78, 5) is 21.8. The molecule has 9 nitrogen and oxygen atoms in total. The fourth-order valence-corrected chi connectivity index (χ4v) is 5.62. The highest BCUT2D eigenvalue weighted by Crippen LogP contribution is 2.35. The van der Waals surface area contributed by atoms with E-state index in [0.717, 1.165) is 17.6 Å². The lowest BCUT2D eigenvalue weighted by Gasteiger charge is -2.10. The zero-order valence-corrected chi connectivity index (χ0v) is 24.0. The largest absolute Gasteiger partial charge is 0.324 e. The number of pyridine rings is 1. The van der Waals surface area contributed by atoms with Crippen LogP contribution < -0.4 is 10.6 Å². The van der Waals surface area contributed by atoms with Gasteiger partial charge in [0.2, 0.25) is 5.95 Å². The number of nitrogens with one attached hydrogen (secondary N) is 2. The van der Waals surface area contributed by atoms with Crippen LogP contribution in [0.1, 0.15) is 15.9 Å². The third-order valence-corrected chi connectivity index (χ3v) is 7.51. The van der Waals surface area contributed by atoms with Crippen LogP contribution in [-0.2, 0) is 15.6 Å². The van der Waals surface area contributed by atoms with E-state index in [1.807, 2.05) is 18.2 Å². The highest BCUT2D eigenvalue weighted by Gasteiger charge is 2.20. The molecule has 0 saturated heterocycles. The number of nitrogens with zero attached hydrogens (tertiary/aromatic N) is 4. The number of carbonyl (C=O) groups excluding carboxylic acids is 1. The first-order valence-corrected chi connectivity index (χ1v) is 15.4. The fourth-order valence-electron chi connectivity index (χ4n) is 4.83. The number of fused-ring (bicyclic) bond motifs is 1. The predicted molar refractivity (Wildman–Crippen MR) is 164 cm³/mol. The topological polar surface area (TPSA) is 118 Å². The molecule has 0 unspecified atom stereocenters. The van der Waals surface area contributed by atoms with Gasteiger partial charge in [-0.2, -0.15) is 5.10 Å². The number of hydrogen-bond acceptors (Lipinski definition) is 7. The standard InChI is InChI=1S/C32H24F2N6O3S/c1-44(42,43)19-20-7-4-9-22(17-20)37-32-35-15-14-26(38-32)29-27-13-2-3-16-40(27)39-30(29)21-8-5-10-23(18-21)36-31(41)28-24(33)11-6-12-25(28)34/h2-18H,19H2,1H3,(H,36,41)(H,35,37,38). The summed E-state index contributed by atoms with van der Waals surface area (Å²) in [5, 5.41) is 10.5. The third kappa shape index (κ3) is 6.15. The lowest BCUT2D eigenvalue weighted by molar-refractivity contribution is 0.101. The van der Waals surface area contributed by atoms with Gasteiger partial charge >= 0.3 is 0 Å². The number of sulfone groups is 1. The van der Waals surface area contributed by atoms with E-state index in [2.05, 4.69) is 15.6 Å². The summed E-state index contributed by atoms with van der Waals surface area (Å²) in [6.07, 6.45) is 4.57. The van der Waals surface area contributed by atoms with Crippen molar-refractivity contribution in [3.8, 4) is 22.5 Å². The average molecular weight is 611 g/mol. The Labute approximate surface area is 251 Å². The minimum atomic E-state index is -3.21. The predicted octanol–water partition coefficient (Wildman–Crippen LogP) is 6.28. The second kappa shape index (κ2) is 11.7. The Morgan fingerprint density at radius 3 is 2.43 bits per heavy atom. The van der Waals surface area contributed by atoms with E-state index in [1.54, 1.807) is 71.5 Å². The molecule has 1 amide bonds. The molecule has 0 atom stereocenters. The van der Waals surface area contributed by atoms with Gasteiger partial charge in [-0.05, 0) is 60.2 Å². The van der Waals surface area contributed by atoms with Gasteiger partial charge in [-0.25, -0.2) is 31.7 Å². The molecule has 0 saturated carbocycles. The minimum absolute atomic E-state index is 0.0933. The Kier molecular flexibility index (Phi) is 7.58. The highest BCUT2D eigenvalue weighted by molar-refractivity contribution is 7.89. The number of anilines is 3. The Balaban J connectivity index is 1.36. The molecular weight excluding hydrogens is 586 g/mol. The van der Waals surface area contributed by atoms with Crippen molar-refractivity contribution in [3.63, 3.8) is 0 Å². The normalized spacial score (nSPS) is 11.4. The van der Waals surface area contributed by atoms with Crippen LogP contribution in [0.15, 0.2) is 103 Å². The molecule has 0 aliphatic heterocycles. The second-order valence-corrected chi connectivity index (χ2v) is 12.2. The number of benzene rings is 3. The van der Waals surface area contributed by atoms with Crippen LogP contribution in [0.3, 0.4) is 0 Å². The molecule has 12 heteroatoms. The molecule has 0 spiro atoms. The van der Waals surface area contributed by atoms with Crippen LogP contribution in [0.4, 0.5) is 26.1 Å². The number of hydrogen-bond donors (Lipinski definition) is 2. The van der Waals surface area contributed by atoms with Crippen molar-refractivity contribution in [3.05, 3.63) is 126 Å². The molecule has 0 radical (unpaired) electrons. The van der Waals surface area contributed by atoms with Crippen LogP contribution in [0.25, 0.3) is 28.0 Å². The van der Waals surface area contributed by atoms with Gasteiger partial charge in [0.15, 0.2) is 9.84 Å². The summed E-state index contributed by atoms with van der Waals surface area (Å²) in [5.41, 5.74) is 4.05. The summed E-state index contributed by atoms with van der Waals surface area (Å²) in [5.74, 6) is -2.65. The molecule has 3 aromatic carbocycles. The molecule has 6 aromatic rings. The van der Waals surface area contributed by atoms with E-state index in [4.69, 9.17) is 10.1 Å². The van der Waals surface area contributed by atoms with Crippen molar-refractivity contribution in [1.82, 2.24) is 19.6 Å². The smallest absolute Gasteiger partial charge is 0.261 e. The van der Waals surface area contributed by atoms with Crippen LogP contribution in [0.2, 0.25) is 0 Å². The second-order valence-electron chi connectivity index (χ2n) is 10.0. The van der Waals surface area contributed by atoms with Crippen molar-refractivity contribution < 1.29 is 22.0 Å². The Bertz CT molecular complexity index is 2130. The number of amides is 1. The van der Waals surface area contributed by atoms with E-state index in [-0.39, 0.29) is 11.7 Å². The number of aromatic nitrogens is 4. The monoisotopic (exact) mass is 610 g/mol. The first kappa shape index (κ1) is 28.6. The van der Waals surface area contributed by atoms with Crippen molar-refractivity contribution >= 4 is 38.6 Å². The molecule has 0 bridgehead atoms. The van der Waals surface area contributed by atoms with E-state index in [1.165, 1.54) is 12.3 Å². The van der Waals surface area contributed by atoms with E-state index in [0.29, 0.717) is 39.5 Å². The molecule has 0 aliphatic carbocycles. The lowest BCUT2D eigenvalue weighted by atomic mass is 10.0. The first-order chi connectivity index (χ1) is 21.1. The Hall–Kier alpha value is -5.49. The number of halogens is 2. The van der Waals surface area contributed by atoms with Gasteiger partial charge in [0, 0.05) is 35.6 Å². The van der Waals surface area contributed by atoms with E-state index in [9.17, 15) is 22.0 Å². The van der Waals surface area contributed by atoms with Crippen molar-refractivity contribution in [1.29, 1.82) is 0 Å². The SMILES string of the molecule is CS(=O)(=O)Cc1cccc(Nc2nccc(-c3c(-c4cccc(NC(=O)c5c(F)cccc5F)c4)nn4ccccc34)n2)c1. The summed E-state index contributed by atoms with van der Waals surface area (Å²) in [6, 6.07) is 24.4. The lowest BCUT2D eigenvalue weighted by Crippen LogP contribution is -2.15. The zero-order chi connectivity index (χ0) is 30.8. The van der Waals surface area contributed by atoms with Gasteiger partial charge in [-0.3, -0.25) is 4.79 Å². The maximum absolute atomic E-state index is 14.2. The summed E-state index contributed by atoms with van der Waals surface area (Å²) >= 11 is 0. The maximum Gasteiger partial charge on any atom is 0.261 e. The van der Waals surface area contributed by atoms with Crippen molar-refractivity contribution in [2.24, 2.45) is 0 Å². The molecule has 3 heterocycles. The van der Waals surface area contributed by atoms with Gasteiger partial charge in [0.05, 0.1) is 22.5 Å². The minimum Gasteiger partial charge on any atom is -0.324 e. The molecule has 220 valence electrons. The molecule has 0 aliphatic rings. The maximum atomic E-state index is 14.2. The van der Waals surface area contributed by atoms with Gasteiger partial charge in [0.25, 0.3) is 5.91 Å². The van der Waals surface area contributed by atoms with E-state index < -0.39 is 32.9 Å². The summed E-state index contributed by atoms with van der Waals surface area (Å²) < 4.78 is 53.6. The third-order valence-electron chi connectivity index (χ3n) is 6.65. The quantitative estimate of drug-likeness (QED) is 0.208.